The molecule has 1 fully saturated rings. The molecule has 1 N–H and O–H groups in total. The number of benzene rings is 3. The van der Waals surface area contributed by atoms with Crippen molar-refractivity contribution in [3.8, 4) is 0 Å². The molecule has 0 aromatic heterocycles. The maximum Gasteiger partial charge on any atom is 0.0501 e. The molecule has 1 aliphatic carbocycles. The molecule has 1 heteroatoms. The van der Waals surface area contributed by atoms with Crippen LogP contribution in [-0.4, -0.2) is 6.04 Å². The minimum absolute atomic E-state index is 0.680. The number of hydrogen-bond acceptors (Lipinski definition) is 1. The zero-order chi connectivity index (χ0) is 11.9. The van der Waals surface area contributed by atoms with Crippen LogP contribution in [0.4, 0.5) is 5.69 Å². The molecule has 0 atom stereocenters. The summed E-state index contributed by atoms with van der Waals surface area (Å²) in [5, 5.41) is 9.01. The largest absolute Gasteiger partial charge is 0.381 e. The van der Waals surface area contributed by atoms with Crippen LogP contribution in [0, 0.1) is 0 Å². The van der Waals surface area contributed by atoms with Gasteiger partial charge in [0.15, 0.2) is 0 Å². The molecule has 0 heterocycles. The zero-order valence-electron chi connectivity index (χ0n) is 10.2. The van der Waals surface area contributed by atoms with E-state index in [4.69, 9.17) is 0 Å². The van der Waals surface area contributed by atoms with E-state index in [1.807, 2.05) is 0 Å². The van der Waals surface area contributed by atoms with Gasteiger partial charge in [0.1, 0.15) is 0 Å². The van der Waals surface area contributed by atoms with E-state index in [2.05, 4.69) is 59.9 Å². The molecule has 0 saturated heterocycles. The van der Waals surface area contributed by atoms with Crippen LogP contribution in [0.25, 0.3) is 21.5 Å². The summed E-state index contributed by atoms with van der Waals surface area (Å²) in [5.41, 5.74) is 1.31. The van der Waals surface area contributed by atoms with Gasteiger partial charge >= 0.3 is 0 Å². The highest BCUT2D eigenvalue weighted by molar-refractivity contribution is 6.11. The fourth-order valence-electron chi connectivity index (χ4n) is 2.60. The number of fused-ring (bicyclic) bond motifs is 2. The van der Waals surface area contributed by atoms with E-state index < -0.39 is 0 Å². The Morgan fingerprint density at radius 3 is 1.89 bits per heavy atom. The van der Waals surface area contributed by atoms with E-state index >= 15 is 0 Å². The normalized spacial score (nSPS) is 15.1. The Kier molecular flexibility index (Phi) is 2.07. The lowest BCUT2D eigenvalue weighted by Gasteiger charge is -2.13. The summed E-state index contributed by atoms with van der Waals surface area (Å²) < 4.78 is 0. The number of rotatable bonds is 2. The molecule has 18 heavy (non-hydrogen) atoms. The third-order valence-corrected chi connectivity index (χ3v) is 3.70. The van der Waals surface area contributed by atoms with Crippen LogP contribution in [0.5, 0.6) is 0 Å². The molecular weight excluding hydrogens is 218 g/mol. The minimum Gasteiger partial charge on any atom is -0.381 e. The summed E-state index contributed by atoms with van der Waals surface area (Å²) in [5.74, 6) is 0. The molecule has 3 aromatic rings. The van der Waals surface area contributed by atoms with Gasteiger partial charge in [0.05, 0.1) is 5.69 Å². The van der Waals surface area contributed by atoms with Gasteiger partial charge in [-0.15, -0.1) is 0 Å². The quantitative estimate of drug-likeness (QED) is 0.639. The van der Waals surface area contributed by atoms with Crippen molar-refractivity contribution in [2.24, 2.45) is 0 Å². The summed E-state index contributed by atoms with van der Waals surface area (Å²) >= 11 is 0. The van der Waals surface area contributed by atoms with Crippen LogP contribution in [0.2, 0.25) is 0 Å². The molecule has 1 nitrogen and oxygen atoms in total. The number of nitrogens with one attached hydrogen (secondary N) is 1. The molecule has 1 aliphatic rings. The summed E-state index contributed by atoms with van der Waals surface area (Å²) in [6, 6.07) is 20.2. The average Bonchev–Trinajstić information content (AvgIpc) is 3.22. The smallest absolute Gasteiger partial charge is 0.0501 e. The van der Waals surface area contributed by atoms with Crippen molar-refractivity contribution in [3.05, 3.63) is 54.6 Å². The van der Waals surface area contributed by atoms with Crippen molar-refractivity contribution in [2.75, 3.05) is 5.32 Å². The van der Waals surface area contributed by atoms with Crippen LogP contribution in [-0.2, 0) is 0 Å². The van der Waals surface area contributed by atoms with E-state index in [9.17, 15) is 0 Å². The number of hydrogen-bond donors (Lipinski definition) is 1. The fraction of sp³-hybridized carbons (Fsp3) is 0.176. The van der Waals surface area contributed by atoms with Gasteiger partial charge in [0.25, 0.3) is 0 Å². The Hall–Kier alpha value is -2.02. The van der Waals surface area contributed by atoms with Crippen LogP contribution >= 0.6 is 0 Å². The highest BCUT2D eigenvalue weighted by Crippen LogP contribution is 2.36. The first kappa shape index (κ1) is 9.95. The van der Waals surface area contributed by atoms with Gasteiger partial charge in [-0.25, -0.2) is 0 Å². The molecule has 0 bridgehead atoms. The van der Waals surface area contributed by atoms with Crippen LogP contribution in [0.1, 0.15) is 12.8 Å². The first-order valence-corrected chi connectivity index (χ1v) is 6.59. The summed E-state index contributed by atoms with van der Waals surface area (Å²) in [6.45, 7) is 0. The van der Waals surface area contributed by atoms with E-state index in [0.717, 1.165) is 0 Å². The predicted octanol–water partition coefficient (Wildman–Crippen LogP) is 4.57. The SMILES string of the molecule is c1ccc2c(NC3CC3)c3ccccc3cc2c1. The zero-order valence-corrected chi connectivity index (χ0v) is 10.2. The van der Waals surface area contributed by atoms with E-state index in [1.54, 1.807) is 0 Å². The molecule has 1 saturated carbocycles. The molecule has 0 spiro atoms. The van der Waals surface area contributed by atoms with Crippen LogP contribution in [0.15, 0.2) is 54.6 Å². The maximum atomic E-state index is 3.70. The monoisotopic (exact) mass is 233 g/mol. The Balaban J connectivity index is 2.09. The third kappa shape index (κ3) is 1.55. The standard InChI is InChI=1S/C17H15N/c1-3-7-15-12(5-1)11-13-6-2-4-8-16(13)17(15)18-14-9-10-14/h1-8,11,14,18H,9-10H2. The molecular formula is C17H15N. The lowest BCUT2D eigenvalue weighted by Crippen LogP contribution is -2.02. The molecule has 0 amide bonds. The Labute approximate surface area is 106 Å². The van der Waals surface area contributed by atoms with Gasteiger partial charge in [0.2, 0.25) is 0 Å². The molecule has 88 valence electrons. The van der Waals surface area contributed by atoms with Crippen molar-refractivity contribution in [1.82, 2.24) is 0 Å². The number of anilines is 1. The fourth-order valence-corrected chi connectivity index (χ4v) is 2.60. The molecule has 0 radical (unpaired) electrons. The van der Waals surface area contributed by atoms with Gasteiger partial charge in [-0.1, -0.05) is 48.5 Å². The van der Waals surface area contributed by atoms with E-state index in [1.165, 1.54) is 40.1 Å². The minimum atomic E-state index is 0.680. The van der Waals surface area contributed by atoms with Crippen molar-refractivity contribution in [2.45, 2.75) is 18.9 Å². The third-order valence-electron chi connectivity index (χ3n) is 3.70. The second kappa shape index (κ2) is 3.74. The lowest BCUT2D eigenvalue weighted by atomic mass is 10.0. The summed E-state index contributed by atoms with van der Waals surface area (Å²) in [7, 11) is 0. The van der Waals surface area contributed by atoms with Gasteiger partial charge in [-0.05, 0) is 29.7 Å². The van der Waals surface area contributed by atoms with Crippen molar-refractivity contribution in [3.63, 3.8) is 0 Å². The molecule has 0 unspecified atom stereocenters. The van der Waals surface area contributed by atoms with Crippen LogP contribution < -0.4 is 5.32 Å². The Bertz CT molecular complexity index is 672. The maximum absolute atomic E-state index is 3.70. The molecule has 0 aliphatic heterocycles. The highest BCUT2D eigenvalue weighted by Gasteiger charge is 2.22. The first-order valence-electron chi connectivity index (χ1n) is 6.59. The van der Waals surface area contributed by atoms with Gasteiger partial charge in [-0.3, -0.25) is 0 Å². The molecule has 3 aromatic carbocycles. The predicted molar refractivity (Wildman–Crippen MR) is 78.1 cm³/mol. The Morgan fingerprint density at radius 2 is 1.33 bits per heavy atom. The highest BCUT2D eigenvalue weighted by atomic mass is 15.0. The van der Waals surface area contributed by atoms with Gasteiger partial charge in [0, 0.05) is 16.8 Å². The van der Waals surface area contributed by atoms with Crippen molar-refractivity contribution >= 4 is 27.2 Å². The van der Waals surface area contributed by atoms with Crippen molar-refractivity contribution < 1.29 is 0 Å². The Morgan fingerprint density at radius 1 is 0.778 bits per heavy atom. The average molecular weight is 233 g/mol. The van der Waals surface area contributed by atoms with E-state index in [0.29, 0.717) is 6.04 Å². The first-order chi connectivity index (χ1) is 8.92. The summed E-state index contributed by atoms with van der Waals surface area (Å²) in [6.07, 6.45) is 2.61. The summed E-state index contributed by atoms with van der Waals surface area (Å²) in [4.78, 5) is 0. The second-order valence-electron chi connectivity index (χ2n) is 5.11. The van der Waals surface area contributed by atoms with Gasteiger partial charge in [-0.2, -0.15) is 0 Å². The van der Waals surface area contributed by atoms with Crippen LogP contribution in [0.3, 0.4) is 0 Å². The molecule has 4 rings (SSSR count). The van der Waals surface area contributed by atoms with E-state index in [-0.39, 0.29) is 0 Å². The van der Waals surface area contributed by atoms with Gasteiger partial charge < -0.3 is 5.32 Å². The van der Waals surface area contributed by atoms with Crippen molar-refractivity contribution in [1.29, 1.82) is 0 Å². The topological polar surface area (TPSA) is 12.0 Å². The lowest BCUT2D eigenvalue weighted by molar-refractivity contribution is 1.17. The second-order valence-corrected chi connectivity index (χ2v) is 5.11.